The van der Waals surface area contributed by atoms with E-state index in [0.717, 1.165) is 16.1 Å². The standard InChI is InChI=1S/C24H26N2O4S/c1-2-29-23(27)22-20(26-21(31-22)16-18-10-5-3-6-11-18)14-9-15-25-24(28)30-17-19-12-7-4-8-13-19/h3-8,10-13H,2,9,14-17H2,1H3,(H,25,28). The molecule has 1 heterocycles. The fraction of sp³-hybridized carbons (Fsp3) is 0.292. The molecule has 3 rings (SSSR count). The molecule has 0 aliphatic heterocycles. The predicted octanol–water partition coefficient (Wildman–Crippen LogP) is 4.77. The number of ether oxygens (including phenoxy) is 2. The van der Waals surface area contributed by atoms with Crippen molar-refractivity contribution in [3.63, 3.8) is 0 Å². The Morgan fingerprint density at radius 2 is 1.65 bits per heavy atom. The topological polar surface area (TPSA) is 77.5 Å². The van der Waals surface area contributed by atoms with Crippen LogP contribution >= 0.6 is 11.3 Å². The Bertz CT molecular complexity index is 974. The number of amides is 1. The van der Waals surface area contributed by atoms with Gasteiger partial charge in [0.25, 0.3) is 0 Å². The van der Waals surface area contributed by atoms with Gasteiger partial charge in [-0.2, -0.15) is 0 Å². The Hall–Kier alpha value is -3.19. The number of hydrogen-bond donors (Lipinski definition) is 1. The number of benzene rings is 2. The Labute approximate surface area is 186 Å². The van der Waals surface area contributed by atoms with E-state index in [1.165, 1.54) is 11.3 Å². The van der Waals surface area contributed by atoms with Gasteiger partial charge in [-0.1, -0.05) is 60.7 Å². The fourth-order valence-corrected chi connectivity index (χ4v) is 4.03. The number of aryl methyl sites for hydroxylation is 1. The zero-order valence-electron chi connectivity index (χ0n) is 17.5. The summed E-state index contributed by atoms with van der Waals surface area (Å²) in [5.74, 6) is -0.343. The van der Waals surface area contributed by atoms with Gasteiger partial charge >= 0.3 is 12.1 Å². The summed E-state index contributed by atoms with van der Waals surface area (Å²) < 4.78 is 10.4. The minimum absolute atomic E-state index is 0.231. The van der Waals surface area contributed by atoms with Crippen molar-refractivity contribution in [2.75, 3.05) is 13.2 Å². The molecule has 0 saturated heterocycles. The van der Waals surface area contributed by atoms with Crippen LogP contribution < -0.4 is 5.32 Å². The zero-order chi connectivity index (χ0) is 21.9. The molecule has 0 unspecified atom stereocenters. The molecule has 3 aromatic rings. The molecular formula is C24H26N2O4S. The second-order valence-corrected chi connectivity index (χ2v) is 7.94. The lowest BCUT2D eigenvalue weighted by Gasteiger charge is -2.07. The van der Waals surface area contributed by atoms with Gasteiger partial charge in [0.15, 0.2) is 0 Å². The zero-order valence-corrected chi connectivity index (χ0v) is 18.3. The van der Waals surface area contributed by atoms with Gasteiger partial charge in [0.1, 0.15) is 11.5 Å². The average molecular weight is 439 g/mol. The van der Waals surface area contributed by atoms with E-state index in [1.54, 1.807) is 6.92 Å². The number of nitrogens with one attached hydrogen (secondary N) is 1. The molecule has 0 bridgehead atoms. The van der Waals surface area contributed by atoms with Crippen molar-refractivity contribution in [3.8, 4) is 0 Å². The van der Waals surface area contributed by atoms with Crippen molar-refractivity contribution < 1.29 is 19.1 Å². The third kappa shape index (κ3) is 7.22. The third-order valence-electron chi connectivity index (χ3n) is 4.47. The summed E-state index contributed by atoms with van der Waals surface area (Å²) >= 11 is 1.37. The van der Waals surface area contributed by atoms with Gasteiger partial charge in [0.05, 0.1) is 17.3 Å². The van der Waals surface area contributed by atoms with Crippen LogP contribution in [0.15, 0.2) is 60.7 Å². The van der Waals surface area contributed by atoms with Crippen LogP contribution in [-0.4, -0.2) is 30.2 Å². The lowest BCUT2D eigenvalue weighted by Crippen LogP contribution is -2.25. The number of esters is 1. The number of alkyl carbamates (subject to hydrolysis) is 1. The molecule has 0 fully saturated rings. The van der Waals surface area contributed by atoms with Gasteiger partial charge in [0.2, 0.25) is 0 Å². The maximum absolute atomic E-state index is 12.4. The van der Waals surface area contributed by atoms with Crippen molar-refractivity contribution in [1.29, 1.82) is 0 Å². The lowest BCUT2D eigenvalue weighted by molar-refractivity contribution is 0.0530. The number of rotatable bonds is 10. The number of nitrogens with zero attached hydrogens (tertiary/aromatic N) is 1. The average Bonchev–Trinajstić information content (AvgIpc) is 3.19. The largest absolute Gasteiger partial charge is 0.462 e. The summed E-state index contributed by atoms with van der Waals surface area (Å²) in [7, 11) is 0. The first-order chi connectivity index (χ1) is 15.2. The molecule has 0 radical (unpaired) electrons. The van der Waals surface area contributed by atoms with Crippen LogP contribution in [-0.2, 0) is 28.9 Å². The minimum Gasteiger partial charge on any atom is -0.462 e. The van der Waals surface area contributed by atoms with E-state index in [0.29, 0.717) is 43.0 Å². The van der Waals surface area contributed by atoms with Crippen LogP contribution in [0.5, 0.6) is 0 Å². The molecule has 31 heavy (non-hydrogen) atoms. The van der Waals surface area contributed by atoms with Gasteiger partial charge in [-0.25, -0.2) is 14.6 Å². The summed E-state index contributed by atoms with van der Waals surface area (Å²) in [6.45, 7) is 2.77. The third-order valence-corrected chi connectivity index (χ3v) is 5.55. The van der Waals surface area contributed by atoms with Crippen LogP contribution in [0.4, 0.5) is 4.79 Å². The first kappa shape index (κ1) is 22.5. The molecule has 0 saturated carbocycles. The molecule has 1 aromatic heterocycles. The summed E-state index contributed by atoms with van der Waals surface area (Å²) in [6, 6.07) is 19.5. The van der Waals surface area contributed by atoms with Crippen molar-refractivity contribution in [2.45, 2.75) is 32.8 Å². The molecule has 162 valence electrons. The van der Waals surface area contributed by atoms with E-state index < -0.39 is 6.09 Å². The Morgan fingerprint density at radius 3 is 2.32 bits per heavy atom. The van der Waals surface area contributed by atoms with E-state index in [-0.39, 0.29) is 12.6 Å². The SMILES string of the molecule is CCOC(=O)c1sc(Cc2ccccc2)nc1CCCNC(=O)OCc1ccccc1. The molecule has 0 aliphatic carbocycles. The van der Waals surface area contributed by atoms with Gasteiger partial charge in [-0.05, 0) is 30.9 Å². The van der Waals surface area contributed by atoms with Crippen molar-refractivity contribution in [2.24, 2.45) is 0 Å². The van der Waals surface area contributed by atoms with E-state index in [9.17, 15) is 9.59 Å². The first-order valence-corrected chi connectivity index (χ1v) is 11.1. The van der Waals surface area contributed by atoms with Crippen LogP contribution in [0.3, 0.4) is 0 Å². The maximum Gasteiger partial charge on any atom is 0.407 e. The van der Waals surface area contributed by atoms with Crippen LogP contribution in [0.25, 0.3) is 0 Å². The summed E-state index contributed by atoms with van der Waals surface area (Å²) in [4.78, 5) is 29.4. The second kappa shape index (κ2) is 11.9. The number of aromatic nitrogens is 1. The predicted molar refractivity (Wildman–Crippen MR) is 120 cm³/mol. The highest BCUT2D eigenvalue weighted by atomic mass is 32.1. The highest BCUT2D eigenvalue weighted by Gasteiger charge is 2.19. The van der Waals surface area contributed by atoms with Crippen LogP contribution in [0.1, 0.15) is 44.8 Å². The van der Waals surface area contributed by atoms with E-state index in [4.69, 9.17) is 9.47 Å². The normalized spacial score (nSPS) is 10.5. The Morgan fingerprint density at radius 1 is 0.968 bits per heavy atom. The molecule has 7 heteroatoms. The summed E-state index contributed by atoms with van der Waals surface area (Å²) in [5, 5.41) is 3.62. The molecular weight excluding hydrogens is 412 g/mol. The summed E-state index contributed by atoms with van der Waals surface area (Å²) in [5.41, 5.74) is 2.79. The number of carbonyl (C=O) groups is 2. The van der Waals surface area contributed by atoms with E-state index >= 15 is 0 Å². The first-order valence-electron chi connectivity index (χ1n) is 10.3. The molecule has 6 nitrogen and oxygen atoms in total. The molecule has 0 atom stereocenters. The van der Waals surface area contributed by atoms with E-state index in [2.05, 4.69) is 10.3 Å². The fourth-order valence-electron chi connectivity index (χ4n) is 2.99. The maximum atomic E-state index is 12.4. The minimum atomic E-state index is -0.461. The summed E-state index contributed by atoms with van der Waals surface area (Å²) in [6.07, 6.45) is 1.42. The van der Waals surface area contributed by atoms with Gasteiger partial charge < -0.3 is 14.8 Å². The Kier molecular flexibility index (Phi) is 8.60. The quantitative estimate of drug-likeness (QED) is 0.364. The molecule has 0 aliphatic rings. The van der Waals surface area contributed by atoms with Crippen LogP contribution in [0.2, 0.25) is 0 Å². The van der Waals surface area contributed by atoms with E-state index in [1.807, 2.05) is 60.7 Å². The van der Waals surface area contributed by atoms with Crippen molar-refractivity contribution in [1.82, 2.24) is 10.3 Å². The van der Waals surface area contributed by atoms with Gasteiger partial charge in [0, 0.05) is 13.0 Å². The second-order valence-electron chi connectivity index (χ2n) is 6.86. The number of thiazole rings is 1. The van der Waals surface area contributed by atoms with Gasteiger partial charge in [-0.15, -0.1) is 11.3 Å². The molecule has 1 N–H and O–H groups in total. The van der Waals surface area contributed by atoms with Crippen LogP contribution in [0, 0.1) is 0 Å². The lowest BCUT2D eigenvalue weighted by atomic mass is 10.1. The number of carbonyl (C=O) groups excluding carboxylic acids is 2. The van der Waals surface area contributed by atoms with Crippen molar-refractivity contribution in [3.05, 3.63) is 87.4 Å². The Balaban J connectivity index is 1.51. The molecule has 2 aromatic carbocycles. The number of hydrogen-bond acceptors (Lipinski definition) is 6. The highest BCUT2D eigenvalue weighted by molar-refractivity contribution is 7.13. The molecule has 0 spiro atoms. The smallest absolute Gasteiger partial charge is 0.407 e. The van der Waals surface area contributed by atoms with Gasteiger partial charge in [-0.3, -0.25) is 0 Å². The van der Waals surface area contributed by atoms with Crippen molar-refractivity contribution >= 4 is 23.4 Å². The molecule has 1 amide bonds. The monoisotopic (exact) mass is 438 g/mol. The highest BCUT2D eigenvalue weighted by Crippen LogP contribution is 2.23.